The van der Waals surface area contributed by atoms with Gasteiger partial charge >= 0.3 is 5.97 Å². The SMILES string of the molecule is C[C@H](OC(=O)c1ccc2c(c1)OCO2)C(=O)Nc1cccc(C#N)c1. The highest BCUT2D eigenvalue weighted by Crippen LogP contribution is 2.32. The molecule has 0 radical (unpaired) electrons. The Hall–Kier alpha value is -3.53. The van der Waals surface area contributed by atoms with Crippen molar-refractivity contribution in [3.63, 3.8) is 0 Å². The fourth-order valence-electron chi connectivity index (χ4n) is 2.22. The van der Waals surface area contributed by atoms with Crippen LogP contribution in [0.4, 0.5) is 5.69 Å². The van der Waals surface area contributed by atoms with Crippen LogP contribution in [0, 0.1) is 11.3 Å². The van der Waals surface area contributed by atoms with E-state index in [1.165, 1.54) is 25.1 Å². The lowest BCUT2D eigenvalue weighted by atomic mass is 10.2. The summed E-state index contributed by atoms with van der Waals surface area (Å²) in [5.41, 5.74) is 1.13. The Morgan fingerprint density at radius 2 is 2.00 bits per heavy atom. The van der Waals surface area contributed by atoms with E-state index in [2.05, 4.69) is 5.32 Å². The number of carbonyl (C=O) groups excluding carboxylic acids is 2. The Bertz CT molecular complexity index is 872. The number of amides is 1. The zero-order chi connectivity index (χ0) is 17.8. The molecule has 0 spiro atoms. The van der Waals surface area contributed by atoms with Crippen molar-refractivity contribution in [1.82, 2.24) is 0 Å². The molecule has 0 saturated heterocycles. The minimum atomic E-state index is -1.01. The molecule has 25 heavy (non-hydrogen) atoms. The number of carbonyl (C=O) groups is 2. The van der Waals surface area contributed by atoms with Crippen molar-refractivity contribution in [3.8, 4) is 17.6 Å². The van der Waals surface area contributed by atoms with Crippen molar-refractivity contribution in [2.75, 3.05) is 12.1 Å². The lowest BCUT2D eigenvalue weighted by Gasteiger charge is -2.14. The molecule has 1 amide bonds. The molecule has 7 heteroatoms. The highest BCUT2D eigenvalue weighted by Gasteiger charge is 2.21. The van der Waals surface area contributed by atoms with Crippen molar-refractivity contribution >= 4 is 17.6 Å². The maximum Gasteiger partial charge on any atom is 0.339 e. The first-order valence-electron chi connectivity index (χ1n) is 7.48. The first-order chi connectivity index (χ1) is 12.1. The molecule has 0 fully saturated rings. The lowest BCUT2D eigenvalue weighted by molar-refractivity contribution is -0.123. The quantitative estimate of drug-likeness (QED) is 0.860. The number of hydrogen-bond donors (Lipinski definition) is 1. The van der Waals surface area contributed by atoms with E-state index in [0.29, 0.717) is 22.7 Å². The largest absolute Gasteiger partial charge is 0.454 e. The summed E-state index contributed by atoms with van der Waals surface area (Å²) < 4.78 is 15.6. The van der Waals surface area contributed by atoms with Crippen LogP contribution < -0.4 is 14.8 Å². The van der Waals surface area contributed by atoms with Gasteiger partial charge in [0.25, 0.3) is 5.91 Å². The summed E-state index contributed by atoms with van der Waals surface area (Å²) >= 11 is 0. The van der Waals surface area contributed by atoms with Crippen LogP contribution in [0.2, 0.25) is 0 Å². The number of esters is 1. The van der Waals surface area contributed by atoms with E-state index in [1.54, 1.807) is 24.3 Å². The Morgan fingerprint density at radius 3 is 2.80 bits per heavy atom. The molecule has 3 rings (SSSR count). The van der Waals surface area contributed by atoms with Gasteiger partial charge in [-0.1, -0.05) is 6.07 Å². The van der Waals surface area contributed by atoms with E-state index in [4.69, 9.17) is 19.5 Å². The number of nitrogens with zero attached hydrogens (tertiary/aromatic N) is 1. The number of fused-ring (bicyclic) bond motifs is 1. The first kappa shape index (κ1) is 16.3. The minimum Gasteiger partial charge on any atom is -0.454 e. The zero-order valence-electron chi connectivity index (χ0n) is 13.3. The number of rotatable bonds is 4. The smallest absolute Gasteiger partial charge is 0.339 e. The predicted octanol–water partition coefficient (Wildman–Crippen LogP) is 2.47. The molecule has 126 valence electrons. The van der Waals surface area contributed by atoms with Crippen LogP contribution >= 0.6 is 0 Å². The average molecular weight is 338 g/mol. The van der Waals surface area contributed by atoms with E-state index in [-0.39, 0.29) is 12.4 Å². The summed E-state index contributed by atoms with van der Waals surface area (Å²) in [4.78, 5) is 24.3. The summed E-state index contributed by atoms with van der Waals surface area (Å²) in [6.07, 6.45) is -1.01. The van der Waals surface area contributed by atoms with Gasteiger partial charge < -0.3 is 19.5 Å². The van der Waals surface area contributed by atoms with Gasteiger partial charge in [-0.25, -0.2) is 4.79 Å². The molecule has 1 aliphatic heterocycles. The van der Waals surface area contributed by atoms with Crippen molar-refractivity contribution in [3.05, 3.63) is 53.6 Å². The van der Waals surface area contributed by atoms with E-state index in [1.807, 2.05) is 6.07 Å². The molecule has 0 aromatic heterocycles. The molecular formula is C18H14N2O5. The van der Waals surface area contributed by atoms with Gasteiger partial charge in [-0.15, -0.1) is 0 Å². The topological polar surface area (TPSA) is 97.7 Å². The number of nitriles is 1. The van der Waals surface area contributed by atoms with Crippen LogP contribution in [-0.4, -0.2) is 24.8 Å². The summed E-state index contributed by atoms with van der Waals surface area (Å²) in [5.74, 6) is -0.129. The maximum atomic E-state index is 12.2. The van der Waals surface area contributed by atoms with Crippen molar-refractivity contribution in [2.24, 2.45) is 0 Å². The minimum absolute atomic E-state index is 0.106. The summed E-state index contributed by atoms with van der Waals surface area (Å²) in [6.45, 7) is 1.57. The van der Waals surface area contributed by atoms with Crippen LogP contribution in [0.15, 0.2) is 42.5 Å². The molecule has 1 atom stereocenters. The summed E-state index contributed by atoms with van der Waals surface area (Å²) in [6, 6.07) is 13.1. The van der Waals surface area contributed by atoms with E-state index < -0.39 is 18.0 Å². The van der Waals surface area contributed by atoms with Gasteiger partial charge in [-0.05, 0) is 43.3 Å². The number of nitrogens with one attached hydrogen (secondary N) is 1. The second kappa shape index (κ2) is 6.93. The predicted molar refractivity (Wildman–Crippen MR) is 87.2 cm³/mol. The Morgan fingerprint density at radius 1 is 1.20 bits per heavy atom. The number of hydrogen-bond acceptors (Lipinski definition) is 6. The molecule has 2 aromatic rings. The number of anilines is 1. The lowest BCUT2D eigenvalue weighted by Crippen LogP contribution is -2.30. The highest BCUT2D eigenvalue weighted by molar-refractivity contribution is 5.97. The van der Waals surface area contributed by atoms with Gasteiger partial charge in [-0.3, -0.25) is 4.79 Å². The third-order valence-corrected chi connectivity index (χ3v) is 3.52. The molecule has 1 N–H and O–H groups in total. The molecule has 0 saturated carbocycles. The molecule has 0 aliphatic carbocycles. The monoisotopic (exact) mass is 338 g/mol. The van der Waals surface area contributed by atoms with Crippen LogP contribution in [-0.2, 0) is 9.53 Å². The molecular weight excluding hydrogens is 324 g/mol. The molecule has 1 aliphatic rings. The molecule has 0 bridgehead atoms. The average Bonchev–Trinajstić information content (AvgIpc) is 3.09. The van der Waals surface area contributed by atoms with Crippen LogP contribution in [0.5, 0.6) is 11.5 Å². The van der Waals surface area contributed by atoms with Gasteiger partial charge in [0.2, 0.25) is 6.79 Å². The molecule has 2 aromatic carbocycles. The fourth-order valence-corrected chi connectivity index (χ4v) is 2.22. The molecule has 1 heterocycles. The third-order valence-electron chi connectivity index (χ3n) is 3.52. The fraction of sp³-hybridized carbons (Fsp3) is 0.167. The molecule has 0 unspecified atom stereocenters. The van der Waals surface area contributed by atoms with Crippen LogP contribution in [0.1, 0.15) is 22.8 Å². The van der Waals surface area contributed by atoms with Gasteiger partial charge in [-0.2, -0.15) is 5.26 Å². The molecule has 7 nitrogen and oxygen atoms in total. The number of benzene rings is 2. The first-order valence-corrected chi connectivity index (χ1v) is 7.48. The third kappa shape index (κ3) is 3.70. The van der Waals surface area contributed by atoms with Gasteiger partial charge in [0.1, 0.15) is 0 Å². The standard InChI is InChI=1S/C18H14N2O5/c1-11(17(21)20-14-4-2-3-12(7-14)9-19)25-18(22)13-5-6-15-16(8-13)24-10-23-15/h2-8,11H,10H2,1H3,(H,20,21)/t11-/m0/s1. The van der Waals surface area contributed by atoms with Gasteiger partial charge in [0.15, 0.2) is 17.6 Å². The van der Waals surface area contributed by atoms with Gasteiger partial charge in [0, 0.05) is 5.69 Å². The van der Waals surface area contributed by atoms with Crippen LogP contribution in [0.25, 0.3) is 0 Å². The van der Waals surface area contributed by atoms with Crippen LogP contribution in [0.3, 0.4) is 0 Å². The van der Waals surface area contributed by atoms with Crippen molar-refractivity contribution < 1.29 is 23.8 Å². The van der Waals surface area contributed by atoms with Gasteiger partial charge in [0.05, 0.1) is 17.2 Å². The Balaban J connectivity index is 1.62. The second-order valence-electron chi connectivity index (χ2n) is 5.30. The summed E-state index contributed by atoms with van der Waals surface area (Å²) in [7, 11) is 0. The van der Waals surface area contributed by atoms with E-state index >= 15 is 0 Å². The normalized spacial score (nSPS) is 12.8. The number of ether oxygens (including phenoxy) is 3. The summed E-state index contributed by atoms with van der Waals surface area (Å²) in [5, 5.41) is 11.5. The highest BCUT2D eigenvalue weighted by atomic mass is 16.7. The van der Waals surface area contributed by atoms with E-state index in [9.17, 15) is 9.59 Å². The zero-order valence-corrected chi connectivity index (χ0v) is 13.3. The van der Waals surface area contributed by atoms with Crippen molar-refractivity contribution in [2.45, 2.75) is 13.0 Å². The van der Waals surface area contributed by atoms with E-state index in [0.717, 1.165) is 0 Å². The Kier molecular flexibility index (Phi) is 4.53. The van der Waals surface area contributed by atoms with Crippen molar-refractivity contribution in [1.29, 1.82) is 5.26 Å². The Labute approximate surface area is 143 Å². The second-order valence-corrected chi connectivity index (χ2v) is 5.30. The maximum absolute atomic E-state index is 12.2.